The van der Waals surface area contributed by atoms with Gasteiger partial charge in [0.1, 0.15) is 12.2 Å². The summed E-state index contributed by atoms with van der Waals surface area (Å²) in [6, 6.07) is 0. The van der Waals surface area contributed by atoms with Crippen LogP contribution in [0.5, 0.6) is 5.88 Å². The maximum absolute atomic E-state index is 15.4. The van der Waals surface area contributed by atoms with Crippen LogP contribution in [0.2, 0.25) is 0 Å². The van der Waals surface area contributed by atoms with Crippen LogP contribution in [-0.4, -0.2) is 56.0 Å². The summed E-state index contributed by atoms with van der Waals surface area (Å²) in [5, 5.41) is 0. The molecule has 0 saturated carbocycles. The Labute approximate surface area is 140 Å². The summed E-state index contributed by atoms with van der Waals surface area (Å²) in [5.41, 5.74) is 3.97. The minimum Gasteiger partial charge on any atom is -0.479 e. The van der Waals surface area contributed by atoms with Gasteiger partial charge in [-0.25, -0.2) is 13.9 Å². The molecular weight excluding hydrogens is 360 g/mol. The molecular formula is C12H15FN5O6P. The number of methoxy groups -OCH3 is 1. The van der Waals surface area contributed by atoms with Crippen LogP contribution < -0.4 is 10.5 Å². The molecule has 4 rings (SSSR count). The number of phosphoric acid groups is 1. The lowest BCUT2D eigenvalue weighted by Gasteiger charge is -2.31. The maximum atomic E-state index is 15.4. The molecule has 0 amide bonds. The largest absolute Gasteiger partial charge is 0.479 e. The summed E-state index contributed by atoms with van der Waals surface area (Å²) >= 11 is 0. The van der Waals surface area contributed by atoms with Crippen LogP contribution in [-0.2, 0) is 18.3 Å². The Kier molecular flexibility index (Phi) is 3.54. The number of rotatable bonds is 2. The first-order chi connectivity index (χ1) is 11.7. The van der Waals surface area contributed by atoms with Crippen LogP contribution in [0, 0.1) is 0 Å². The fourth-order valence-electron chi connectivity index (χ4n) is 3.07. The van der Waals surface area contributed by atoms with Crippen LogP contribution in [0.3, 0.4) is 0 Å². The average molecular weight is 375 g/mol. The third-order valence-electron chi connectivity index (χ3n) is 4.18. The van der Waals surface area contributed by atoms with Crippen LogP contribution in [0.1, 0.15) is 13.2 Å². The minimum atomic E-state index is -4.32. The van der Waals surface area contributed by atoms with E-state index in [2.05, 4.69) is 19.5 Å². The predicted molar refractivity (Wildman–Crippen MR) is 80.4 cm³/mol. The van der Waals surface area contributed by atoms with Gasteiger partial charge in [0.05, 0.1) is 20.0 Å². The molecule has 3 N–H and O–H groups in total. The number of anilines is 1. The lowest BCUT2D eigenvalue weighted by molar-refractivity contribution is -0.0667. The smallest absolute Gasteiger partial charge is 0.472 e. The molecule has 2 aliphatic heterocycles. The maximum Gasteiger partial charge on any atom is 0.472 e. The van der Waals surface area contributed by atoms with Gasteiger partial charge >= 0.3 is 7.82 Å². The second-order valence-electron chi connectivity index (χ2n) is 5.88. The fourth-order valence-corrected chi connectivity index (χ4v) is 4.10. The number of aromatic nitrogens is 4. The molecule has 2 aromatic rings. The first kappa shape index (κ1) is 16.6. The fraction of sp³-hybridized carbons (Fsp3) is 0.583. The van der Waals surface area contributed by atoms with Crippen molar-refractivity contribution in [2.45, 2.75) is 31.0 Å². The molecule has 0 aliphatic carbocycles. The van der Waals surface area contributed by atoms with E-state index in [0.717, 1.165) is 0 Å². The van der Waals surface area contributed by atoms with Crippen LogP contribution >= 0.6 is 7.82 Å². The quantitative estimate of drug-likeness (QED) is 0.714. The molecule has 11 nitrogen and oxygen atoms in total. The number of hydrogen-bond donors (Lipinski definition) is 2. The van der Waals surface area contributed by atoms with E-state index < -0.39 is 31.9 Å². The zero-order valence-corrected chi connectivity index (χ0v) is 14.1. The van der Waals surface area contributed by atoms with E-state index in [0.29, 0.717) is 0 Å². The van der Waals surface area contributed by atoms with Crippen molar-refractivity contribution in [2.24, 2.45) is 0 Å². The Morgan fingerprint density at radius 3 is 3.04 bits per heavy atom. The highest BCUT2D eigenvalue weighted by atomic mass is 31.2. The third-order valence-corrected chi connectivity index (χ3v) is 5.15. The van der Waals surface area contributed by atoms with Gasteiger partial charge in [-0.15, -0.1) is 0 Å². The molecule has 136 valence electrons. The van der Waals surface area contributed by atoms with Crippen molar-refractivity contribution in [3.8, 4) is 5.88 Å². The Bertz CT molecular complexity index is 890. The lowest BCUT2D eigenvalue weighted by atomic mass is 9.98. The zero-order valence-electron chi connectivity index (χ0n) is 13.2. The molecule has 4 heterocycles. The van der Waals surface area contributed by atoms with Crippen molar-refractivity contribution in [1.82, 2.24) is 19.5 Å². The Morgan fingerprint density at radius 2 is 2.32 bits per heavy atom. The number of fused-ring (bicyclic) bond motifs is 2. The number of ether oxygens (including phenoxy) is 2. The van der Waals surface area contributed by atoms with Gasteiger partial charge in [0, 0.05) is 0 Å². The first-order valence-electron chi connectivity index (χ1n) is 7.27. The van der Waals surface area contributed by atoms with Gasteiger partial charge in [-0.1, -0.05) is 0 Å². The molecule has 25 heavy (non-hydrogen) atoms. The monoisotopic (exact) mass is 375 g/mol. The number of nitrogens with two attached hydrogens (primary N) is 1. The van der Waals surface area contributed by atoms with Crippen LogP contribution in [0.25, 0.3) is 11.2 Å². The first-order valence-corrected chi connectivity index (χ1v) is 8.76. The van der Waals surface area contributed by atoms with E-state index in [-0.39, 0.29) is 29.6 Å². The summed E-state index contributed by atoms with van der Waals surface area (Å²) in [5.74, 6) is 0.0539. The van der Waals surface area contributed by atoms with Gasteiger partial charge in [0.15, 0.2) is 23.1 Å². The van der Waals surface area contributed by atoms with Crippen molar-refractivity contribution in [2.75, 3.05) is 19.5 Å². The number of alkyl halides is 1. The summed E-state index contributed by atoms with van der Waals surface area (Å²) in [6.07, 6.45) is -2.08. The highest BCUT2D eigenvalue weighted by molar-refractivity contribution is 7.47. The highest BCUT2D eigenvalue weighted by Crippen LogP contribution is 2.56. The Hall–Kier alpha value is -1.85. The summed E-state index contributed by atoms with van der Waals surface area (Å²) in [7, 11) is -2.93. The molecule has 13 heteroatoms. The predicted octanol–water partition coefficient (Wildman–Crippen LogP) is 0.558. The molecule has 0 radical (unpaired) electrons. The van der Waals surface area contributed by atoms with Gasteiger partial charge < -0.3 is 20.1 Å². The SMILES string of the molecule is COc1nc(N)nc2c1ncn2C1OC2COP(=O)(O)OC2C1(C)F. The number of nitrogen functional groups attached to an aromatic ring is 1. The van der Waals surface area contributed by atoms with Crippen LogP contribution in [0.4, 0.5) is 10.3 Å². The molecule has 5 atom stereocenters. The number of halogens is 1. The van der Waals surface area contributed by atoms with Crippen molar-refractivity contribution >= 4 is 24.9 Å². The molecule has 0 aromatic carbocycles. The molecule has 5 unspecified atom stereocenters. The zero-order chi connectivity index (χ0) is 18.0. The number of imidazole rings is 1. The van der Waals surface area contributed by atoms with Gasteiger partial charge in [-0.2, -0.15) is 9.97 Å². The van der Waals surface area contributed by atoms with E-state index in [9.17, 15) is 9.46 Å². The van der Waals surface area contributed by atoms with Gasteiger partial charge in [0.25, 0.3) is 0 Å². The lowest BCUT2D eigenvalue weighted by Crippen LogP contribution is -2.44. The normalized spacial score (nSPS) is 38.0. The summed E-state index contributed by atoms with van der Waals surface area (Å²) in [4.78, 5) is 21.6. The number of hydrogen-bond acceptors (Lipinski definition) is 9. The molecule has 0 spiro atoms. The molecule has 2 aromatic heterocycles. The molecule has 2 saturated heterocycles. The second-order valence-corrected chi connectivity index (χ2v) is 7.29. The topological polar surface area (TPSA) is 144 Å². The minimum absolute atomic E-state index is 0.0819. The van der Waals surface area contributed by atoms with Crippen molar-refractivity contribution in [3.63, 3.8) is 0 Å². The van der Waals surface area contributed by atoms with E-state index in [4.69, 9.17) is 19.7 Å². The van der Waals surface area contributed by atoms with Crippen molar-refractivity contribution < 1.29 is 32.4 Å². The Balaban J connectivity index is 1.79. The average Bonchev–Trinajstić information content (AvgIpc) is 3.05. The molecule has 2 fully saturated rings. The standard InChI is InChI=1S/C12H15FN5O6P/c1-12(13)7-5(3-22-25(19,20)24-7)23-10(12)18-4-15-6-8(18)16-11(14)17-9(6)21-2/h4-5,7,10H,3H2,1-2H3,(H,19,20)(H2,14,16,17). The Morgan fingerprint density at radius 1 is 1.56 bits per heavy atom. The summed E-state index contributed by atoms with van der Waals surface area (Å²) in [6.45, 7) is 0.933. The van der Waals surface area contributed by atoms with E-state index in [1.54, 1.807) is 0 Å². The molecule has 0 bridgehead atoms. The summed E-state index contributed by atoms with van der Waals surface area (Å²) < 4.78 is 48.7. The van der Waals surface area contributed by atoms with E-state index in [1.165, 1.54) is 24.9 Å². The highest BCUT2D eigenvalue weighted by Gasteiger charge is 2.61. The van der Waals surface area contributed by atoms with Gasteiger partial charge in [-0.05, 0) is 6.92 Å². The third kappa shape index (κ3) is 2.49. The van der Waals surface area contributed by atoms with Gasteiger partial charge in [-0.3, -0.25) is 13.6 Å². The van der Waals surface area contributed by atoms with Crippen LogP contribution in [0.15, 0.2) is 6.33 Å². The number of phosphoric ester groups is 1. The van der Waals surface area contributed by atoms with Crippen molar-refractivity contribution in [3.05, 3.63) is 6.33 Å². The second kappa shape index (κ2) is 5.32. The van der Waals surface area contributed by atoms with Crippen molar-refractivity contribution in [1.29, 1.82) is 0 Å². The van der Waals surface area contributed by atoms with E-state index in [1.807, 2.05) is 0 Å². The number of nitrogens with zero attached hydrogens (tertiary/aromatic N) is 4. The van der Waals surface area contributed by atoms with Gasteiger partial charge in [0.2, 0.25) is 11.8 Å². The molecule has 2 aliphatic rings. The van der Waals surface area contributed by atoms with E-state index >= 15 is 4.39 Å².